The van der Waals surface area contributed by atoms with Gasteiger partial charge in [-0.15, -0.1) is 11.3 Å². The maximum atomic E-state index is 11.9. The summed E-state index contributed by atoms with van der Waals surface area (Å²) in [5.41, 5.74) is 3.18. The Hall–Kier alpha value is -2.48. The summed E-state index contributed by atoms with van der Waals surface area (Å²) in [6.45, 7) is 2.13. The highest BCUT2D eigenvalue weighted by Gasteiger charge is 2.19. The van der Waals surface area contributed by atoms with Gasteiger partial charge in [0.1, 0.15) is 17.0 Å². The molecule has 0 fully saturated rings. The molecule has 0 aliphatic heterocycles. The van der Waals surface area contributed by atoms with Gasteiger partial charge in [0.25, 0.3) is 0 Å². The van der Waals surface area contributed by atoms with Crippen molar-refractivity contribution in [2.45, 2.75) is 13.3 Å². The second kappa shape index (κ2) is 8.71. The molecule has 8 heteroatoms. The molecule has 30 heavy (non-hydrogen) atoms. The van der Waals surface area contributed by atoms with E-state index >= 15 is 0 Å². The first-order valence-corrected chi connectivity index (χ1v) is 11.2. The van der Waals surface area contributed by atoms with Crippen LogP contribution in [0.3, 0.4) is 0 Å². The van der Waals surface area contributed by atoms with Crippen molar-refractivity contribution in [1.82, 2.24) is 9.97 Å². The third-order valence-corrected chi connectivity index (χ3v) is 6.76. The first-order chi connectivity index (χ1) is 14.5. The Kier molecular flexibility index (Phi) is 6.04. The topological polar surface area (TPSA) is 64.1 Å². The largest absolute Gasteiger partial charge is 0.465 e. The molecule has 0 bridgehead atoms. The Morgan fingerprint density at radius 3 is 2.67 bits per heavy atom. The fourth-order valence-electron chi connectivity index (χ4n) is 3.24. The molecule has 152 valence electrons. The first-order valence-electron chi connectivity index (χ1n) is 9.19. The van der Waals surface area contributed by atoms with E-state index in [9.17, 15) is 4.79 Å². The quantitative estimate of drug-likeness (QED) is 0.302. The van der Waals surface area contributed by atoms with Crippen molar-refractivity contribution in [1.29, 1.82) is 0 Å². The van der Waals surface area contributed by atoms with Crippen LogP contribution >= 0.6 is 38.9 Å². The van der Waals surface area contributed by atoms with Gasteiger partial charge >= 0.3 is 5.97 Å². The van der Waals surface area contributed by atoms with Gasteiger partial charge in [0, 0.05) is 14.9 Å². The van der Waals surface area contributed by atoms with E-state index in [1.807, 2.05) is 12.1 Å². The molecule has 0 radical (unpaired) electrons. The number of anilines is 2. The predicted octanol–water partition coefficient (Wildman–Crippen LogP) is 6.87. The van der Waals surface area contributed by atoms with E-state index in [0.717, 1.165) is 32.2 Å². The molecule has 0 unspecified atom stereocenters. The molecule has 2 aromatic heterocycles. The lowest BCUT2D eigenvalue weighted by atomic mass is 10.0. The summed E-state index contributed by atoms with van der Waals surface area (Å²) in [5, 5.41) is 4.71. The molecule has 0 atom stereocenters. The van der Waals surface area contributed by atoms with Crippen LogP contribution in [0.25, 0.3) is 21.3 Å². The number of halogens is 2. The molecule has 4 rings (SSSR count). The number of aromatic nitrogens is 2. The van der Waals surface area contributed by atoms with E-state index in [1.165, 1.54) is 18.3 Å². The van der Waals surface area contributed by atoms with E-state index in [0.29, 0.717) is 22.1 Å². The third kappa shape index (κ3) is 3.93. The molecule has 0 saturated heterocycles. The van der Waals surface area contributed by atoms with Gasteiger partial charge in [0.05, 0.1) is 28.8 Å². The summed E-state index contributed by atoms with van der Waals surface area (Å²) < 4.78 is 5.84. The number of hydrogen-bond donors (Lipinski definition) is 1. The van der Waals surface area contributed by atoms with Gasteiger partial charge in [-0.1, -0.05) is 46.6 Å². The molecule has 0 spiro atoms. The fourth-order valence-corrected chi connectivity index (χ4v) is 4.77. The predicted molar refractivity (Wildman–Crippen MR) is 126 cm³/mol. The van der Waals surface area contributed by atoms with Crippen LogP contribution in [0.2, 0.25) is 5.02 Å². The highest BCUT2D eigenvalue weighted by molar-refractivity contribution is 9.10. The van der Waals surface area contributed by atoms with Crippen molar-refractivity contribution in [3.8, 4) is 11.1 Å². The number of benzene rings is 2. The number of rotatable bonds is 5. The van der Waals surface area contributed by atoms with Gasteiger partial charge in [-0.05, 0) is 42.3 Å². The van der Waals surface area contributed by atoms with Crippen molar-refractivity contribution >= 4 is 66.6 Å². The van der Waals surface area contributed by atoms with Gasteiger partial charge in [-0.3, -0.25) is 0 Å². The molecular weight excluding hydrogens is 486 g/mol. The number of nitrogens with one attached hydrogen (secondary N) is 1. The monoisotopic (exact) mass is 501 g/mol. The number of esters is 1. The van der Waals surface area contributed by atoms with Gasteiger partial charge in [0.2, 0.25) is 0 Å². The Labute approximate surface area is 191 Å². The number of ether oxygens (including phenoxy) is 1. The van der Waals surface area contributed by atoms with Crippen molar-refractivity contribution in [3.63, 3.8) is 0 Å². The van der Waals surface area contributed by atoms with Crippen molar-refractivity contribution in [3.05, 3.63) is 68.7 Å². The maximum Gasteiger partial charge on any atom is 0.337 e. The molecular formula is C22H17BrClN3O2S. The Bertz CT molecular complexity index is 1240. The summed E-state index contributed by atoms with van der Waals surface area (Å²) in [4.78, 5) is 23.0. The van der Waals surface area contributed by atoms with E-state index in [2.05, 4.69) is 50.3 Å². The molecule has 2 heterocycles. The molecule has 1 N–H and O–H groups in total. The smallest absolute Gasteiger partial charge is 0.337 e. The summed E-state index contributed by atoms with van der Waals surface area (Å²) in [6, 6.07) is 13.1. The normalized spacial score (nSPS) is 10.9. The number of nitrogens with zero attached hydrogens (tertiary/aromatic N) is 2. The number of carbonyl (C=O) groups is 1. The van der Waals surface area contributed by atoms with Gasteiger partial charge in [-0.25, -0.2) is 14.8 Å². The van der Waals surface area contributed by atoms with E-state index in [1.54, 1.807) is 29.5 Å². The van der Waals surface area contributed by atoms with Crippen LogP contribution in [-0.4, -0.2) is 23.0 Å². The number of hydrogen-bond acceptors (Lipinski definition) is 6. The fraction of sp³-hybridized carbons (Fsp3) is 0.136. The average Bonchev–Trinajstić information content (AvgIpc) is 3.15. The lowest BCUT2D eigenvalue weighted by Crippen LogP contribution is -2.03. The molecule has 0 saturated carbocycles. The molecule has 4 aromatic rings. The first kappa shape index (κ1) is 20.8. The number of fused-ring (bicyclic) bond motifs is 1. The number of carbonyl (C=O) groups excluding carboxylic acids is 1. The highest BCUT2D eigenvalue weighted by Crippen LogP contribution is 2.42. The second-order valence-electron chi connectivity index (χ2n) is 6.47. The Morgan fingerprint density at radius 1 is 1.20 bits per heavy atom. The van der Waals surface area contributed by atoms with Crippen molar-refractivity contribution < 1.29 is 9.53 Å². The minimum atomic E-state index is -0.429. The van der Waals surface area contributed by atoms with Crippen molar-refractivity contribution in [2.24, 2.45) is 0 Å². The van der Waals surface area contributed by atoms with Gasteiger partial charge < -0.3 is 10.1 Å². The van der Waals surface area contributed by atoms with Crippen LogP contribution < -0.4 is 5.32 Å². The maximum absolute atomic E-state index is 11.9. The number of aryl methyl sites for hydroxylation is 1. The van der Waals surface area contributed by atoms with Crippen LogP contribution in [0.5, 0.6) is 0 Å². The zero-order chi connectivity index (χ0) is 21.3. The summed E-state index contributed by atoms with van der Waals surface area (Å²) in [7, 11) is 1.35. The third-order valence-electron chi connectivity index (χ3n) is 4.66. The summed E-state index contributed by atoms with van der Waals surface area (Å²) in [5.74, 6) is 0.208. The molecule has 0 aliphatic rings. The van der Waals surface area contributed by atoms with E-state index in [-0.39, 0.29) is 0 Å². The van der Waals surface area contributed by atoms with Crippen LogP contribution in [0.15, 0.2) is 53.3 Å². The molecule has 2 aromatic carbocycles. The van der Waals surface area contributed by atoms with E-state index in [4.69, 9.17) is 16.3 Å². The number of methoxy groups -OCH3 is 1. The Balaban J connectivity index is 1.88. The zero-order valence-corrected chi connectivity index (χ0v) is 19.4. The lowest BCUT2D eigenvalue weighted by molar-refractivity contribution is 0.0601. The van der Waals surface area contributed by atoms with Crippen LogP contribution in [0.4, 0.5) is 11.5 Å². The highest BCUT2D eigenvalue weighted by atomic mass is 79.9. The minimum absolute atomic E-state index is 0.405. The molecule has 0 amide bonds. The SMILES string of the molecule is CCc1sc2ncnc(Nc3cc(C(=O)OC)ccc3Cl)c2c1-c1ccc(Br)cc1. The Morgan fingerprint density at radius 2 is 1.97 bits per heavy atom. The average molecular weight is 503 g/mol. The molecule has 0 aliphatic carbocycles. The van der Waals surface area contributed by atoms with Crippen molar-refractivity contribution in [2.75, 3.05) is 12.4 Å². The van der Waals surface area contributed by atoms with Crippen LogP contribution in [0, 0.1) is 0 Å². The second-order valence-corrected chi connectivity index (χ2v) is 8.88. The summed E-state index contributed by atoms with van der Waals surface area (Å²) in [6.07, 6.45) is 2.41. The van der Waals surface area contributed by atoms with Crippen LogP contribution in [0.1, 0.15) is 22.2 Å². The van der Waals surface area contributed by atoms with E-state index < -0.39 is 5.97 Å². The van der Waals surface area contributed by atoms with Gasteiger partial charge in [-0.2, -0.15) is 0 Å². The minimum Gasteiger partial charge on any atom is -0.465 e. The molecule has 5 nitrogen and oxygen atoms in total. The van der Waals surface area contributed by atoms with Gasteiger partial charge in [0.15, 0.2) is 0 Å². The standard InChI is InChI=1S/C22H17BrClN3O2S/c1-3-17-18(12-4-7-14(23)8-5-12)19-20(25-11-26-21(19)30-17)27-16-10-13(22(28)29-2)6-9-15(16)24/h4-11H,3H2,1-2H3,(H,25,26,27). The lowest BCUT2D eigenvalue weighted by Gasteiger charge is -2.12. The number of thiophene rings is 1. The summed E-state index contributed by atoms with van der Waals surface area (Å²) >= 11 is 11.5. The van der Waals surface area contributed by atoms with Crippen LogP contribution in [-0.2, 0) is 11.2 Å². The zero-order valence-electron chi connectivity index (χ0n) is 16.2.